The summed E-state index contributed by atoms with van der Waals surface area (Å²) in [6.45, 7) is 0. The molecule has 5 aromatic heterocycles. The number of rotatable bonds is 13. The van der Waals surface area contributed by atoms with Gasteiger partial charge in [0.2, 0.25) is 11.9 Å². The summed E-state index contributed by atoms with van der Waals surface area (Å²) in [5, 5.41) is 27.5. The predicted octanol–water partition coefficient (Wildman–Crippen LogP) is 32.9. The van der Waals surface area contributed by atoms with Crippen molar-refractivity contribution < 1.29 is 24.7 Å². The number of anilines is 3. The van der Waals surface area contributed by atoms with Gasteiger partial charge in [-0.1, -0.05) is 376 Å². The van der Waals surface area contributed by atoms with Crippen molar-refractivity contribution in [2.45, 2.75) is 0 Å². The lowest BCUT2D eigenvalue weighted by atomic mass is 9.89. The Bertz CT molecular complexity index is 11000. The summed E-state index contributed by atoms with van der Waals surface area (Å²) in [4.78, 5) is 31.4. The van der Waals surface area contributed by atoms with E-state index in [2.05, 4.69) is 252 Å². The fourth-order valence-corrected chi connectivity index (χ4v) is 20.9. The van der Waals surface area contributed by atoms with Crippen molar-refractivity contribution in [1.29, 1.82) is 0 Å². The maximum Gasteiger partial charge on any atom is 0.238 e. The molecule has 0 unspecified atom stereocenters. The van der Waals surface area contributed by atoms with E-state index in [-0.39, 0.29) is 5.69 Å². The van der Waals surface area contributed by atoms with Gasteiger partial charge in [0.25, 0.3) is 0 Å². The first-order valence-electron chi connectivity index (χ1n) is 53.8. The van der Waals surface area contributed by atoms with Crippen LogP contribution in [0.3, 0.4) is 0 Å². The predicted molar refractivity (Wildman–Crippen MR) is 567 cm³/mol. The highest BCUT2D eigenvalue weighted by Gasteiger charge is 2.29. The Hall–Kier alpha value is -18.4. The van der Waals surface area contributed by atoms with Gasteiger partial charge in [-0.25, -0.2) is 9.97 Å². The third-order valence-electron chi connectivity index (χ3n) is 26.7. The Morgan fingerprint density at radius 3 is 0.949 bits per heavy atom. The molecule has 0 fully saturated rings. The lowest BCUT2D eigenvalue weighted by molar-refractivity contribution is 0.953. The van der Waals surface area contributed by atoms with Crippen LogP contribution in [0.5, 0.6) is 0 Å². The van der Waals surface area contributed by atoms with Crippen LogP contribution in [0.4, 0.5) is 17.1 Å². The summed E-state index contributed by atoms with van der Waals surface area (Å²) < 4.78 is 166. The van der Waals surface area contributed by atoms with Crippen LogP contribution in [0.1, 0.15) is 24.7 Å². The zero-order valence-electron chi connectivity index (χ0n) is 90.0. The molecule has 5 heterocycles. The molecule has 25 aromatic carbocycles. The molecular formula is C126H76N10. The Balaban J connectivity index is 0.000000112. The zero-order valence-corrected chi connectivity index (χ0v) is 72.0. The molecule has 0 aliphatic rings. The largest absolute Gasteiger partial charge is 0.310 e. The Labute approximate surface area is 805 Å². The lowest BCUT2D eigenvalue weighted by Gasteiger charge is -2.26. The molecule has 630 valence electrons. The van der Waals surface area contributed by atoms with Gasteiger partial charge >= 0.3 is 0 Å². The fraction of sp³-hybridized carbons (Fsp3) is 0. The molecule has 0 radical (unpaired) electrons. The maximum atomic E-state index is 9.98. The van der Waals surface area contributed by atoms with E-state index in [1.165, 1.54) is 91.7 Å². The fourth-order valence-electron chi connectivity index (χ4n) is 20.9. The third-order valence-corrected chi connectivity index (χ3v) is 26.7. The van der Waals surface area contributed by atoms with Crippen LogP contribution < -0.4 is 4.90 Å². The number of hydrogen-bond acceptors (Lipinski definition) is 7. The quantitative estimate of drug-likeness (QED) is 0.0838. The van der Waals surface area contributed by atoms with Gasteiger partial charge in [0.1, 0.15) is 0 Å². The zero-order chi connectivity index (χ0) is 105. The Kier molecular flexibility index (Phi) is 13.6. The molecule has 30 rings (SSSR count). The molecule has 0 saturated heterocycles. The third kappa shape index (κ3) is 12.0. The summed E-state index contributed by atoms with van der Waals surface area (Å²) >= 11 is 0. The van der Waals surface area contributed by atoms with Gasteiger partial charge < -0.3 is 9.47 Å². The molecular weight excluding hydrogens is 1650 g/mol. The highest BCUT2D eigenvalue weighted by atomic mass is 15.2. The van der Waals surface area contributed by atoms with Gasteiger partial charge in [-0.3, -0.25) is 9.13 Å². The van der Waals surface area contributed by atoms with Gasteiger partial charge in [-0.05, 0) is 199 Å². The first kappa shape index (κ1) is 60.5. The van der Waals surface area contributed by atoms with Crippen molar-refractivity contribution in [2.24, 2.45) is 0 Å². The van der Waals surface area contributed by atoms with Gasteiger partial charge in [0.05, 0.1) is 57.8 Å². The van der Waals surface area contributed by atoms with Crippen LogP contribution in [0, 0.1) is 0 Å². The molecule has 0 aliphatic heterocycles. The molecule has 0 N–H and O–H groups in total. The minimum atomic E-state index is -1.00. The highest BCUT2D eigenvalue weighted by molar-refractivity contribution is 6.43. The van der Waals surface area contributed by atoms with E-state index in [9.17, 15) is 11.0 Å². The number of para-hydroxylation sites is 1. The second kappa shape index (κ2) is 30.6. The van der Waals surface area contributed by atoms with Crippen LogP contribution in [0.25, 0.3) is 259 Å². The summed E-state index contributed by atoms with van der Waals surface area (Å²) in [6, 6.07) is 106. The molecule has 0 aliphatic carbocycles. The van der Waals surface area contributed by atoms with Gasteiger partial charge in [-0.2, -0.15) is 19.9 Å². The average Bonchev–Trinajstić information content (AvgIpc) is 1.53. The first-order chi connectivity index (χ1) is 75.0. The highest BCUT2D eigenvalue weighted by Crippen LogP contribution is 2.52. The molecule has 10 heteroatoms. The molecule has 136 heavy (non-hydrogen) atoms. The molecule has 0 bridgehead atoms. The molecule has 0 amide bonds. The van der Waals surface area contributed by atoms with Gasteiger partial charge in [0, 0.05) is 93.5 Å². The van der Waals surface area contributed by atoms with E-state index in [0.717, 1.165) is 104 Å². The average molecular weight is 1750 g/mol. The molecule has 30 aromatic rings. The standard InChI is InChI=1S/C44H28N2.2C41H24N4/c1-3-10-29(11-4-1)30-22-25-34(26-23-30)45(33-13-5-2-6-14-33)35-15-8-16-36(28-35)46-39-19-9-18-38-37-17-7-12-31-20-21-32-24-27-40(46)44(43(38)39)42(32)41(31)37;1-3-10-25(11-4-1)29-15-7-16-30(24-29)40-42-39(28-12-5-2-6-13-28)43-41(44-40)45-33-19-9-18-32-31-17-8-14-26-20-21-27-22-23-34(45)38(37(32)33)36(27)35(26)31;1-3-9-25(10-4-1)26-17-21-30(22-18-26)40-42-39(29-11-5-2-6-12-29)43-41(44-40)45-33-16-8-15-32-31-14-7-13-27-19-20-28-23-24-34(45)38(37(32)33)36(28)35(27)31/h1-28H;2*1-24H/i1D,2D,3D,4D,5D,6D,8D,10D,11D,13D,14D,15D,16D,22D,23D,25D,26D,28D;;. The maximum absolute atomic E-state index is 9.98. The minimum absolute atomic E-state index is 0.269. The number of aromatic nitrogens is 9. The number of hydrogen-bond donors (Lipinski definition) is 0. The molecule has 0 saturated carbocycles. The normalized spacial score (nSPS) is 13.8. The number of nitrogens with zero attached hydrogens (tertiary/aromatic N) is 10. The van der Waals surface area contributed by atoms with Crippen molar-refractivity contribution in [3.05, 3.63) is 461 Å². The lowest BCUT2D eigenvalue weighted by Crippen LogP contribution is -2.10. The summed E-state index contributed by atoms with van der Waals surface area (Å²) in [5.41, 5.74) is 9.82. The van der Waals surface area contributed by atoms with E-state index >= 15 is 0 Å². The van der Waals surface area contributed by atoms with Crippen molar-refractivity contribution in [3.63, 3.8) is 0 Å². The topological polar surface area (TPSA) is 95.4 Å². The Morgan fingerprint density at radius 2 is 0.493 bits per heavy atom. The molecule has 10 nitrogen and oxygen atoms in total. The van der Waals surface area contributed by atoms with Crippen LogP contribution in [-0.2, 0) is 0 Å². The number of fused-ring (bicyclic) bond motifs is 3. The van der Waals surface area contributed by atoms with E-state index in [1.54, 1.807) is 10.6 Å². The summed E-state index contributed by atoms with van der Waals surface area (Å²) in [5.74, 6) is 3.80. The van der Waals surface area contributed by atoms with Gasteiger partial charge in [-0.15, -0.1) is 0 Å². The summed E-state index contributed by atoms with van der Waals surface area (Å²) in [6.07, 6.45) is 0. The van der Waals surface area contributed by atoms with Crippen LogP contribution in [0.2, 0.25) is 0 Å². The van der Waals surface area contributed by atoms with Crippen molar-refractivity contribution >= 4 is 179 Å². The van der Waals surface area contributed by atoms with Crippen molar-refractivity contribution in [3.8, 4) is 96.5 Å². The molecule has 0 atom stereocenters. The smallest absolute Gasteiger partial charge is 0.238 e. The van der Waals surface area contributed by atoms with Crippen LogP contribution in [0.15, 0.2) is 461 Å². The van der Waals surface area contributed by atoms with Crippen molar-refractivity contribution in [2.75, 3.05) is 4.90 Å². The molecule has 0 spiro atoms. The summed E-state index contributed by atoms with van der Waals surface area (Å²) in [7, 11) is 0. The van der Waals surface area contributed by atoms with E-state index < -0.39 is 137 Å². The van der Waals surface area contributed by atoms with E-state index in [0.29, 0.717) is 51.1 Å². The number of benzene rings is 25. The van der Waals surface area contributed by atoms with Crippen LogP contribution >= 0.6 is 0 Å². The monoisotopic (exact) mass is 1750 g/mol. The van der Waals surface area contributed by atoms with E-state index in [4.69, 9.17) is 43.6 Å². The second-order valence-electron chi connectivity index (χ2n) is 34.1. The van der Waals surface area contributed by atoms with Crippen molar-refractivity contribution in [1.82, 2.24) is 43.6 Å². The SMILES string of the molecule is [2H]c1c([2H])c([2H])c(-c2c([2H])c([2H])c(N(c3c([2H])c([2H])c([2H])c([2H])c3[2H])c3c([2H])c([2H])c([2H])c(-n4c5cccc6c7cccc8ccc9ccc4c(c9c87)c65)c3[2H])c([2H])c2[2H])c([2H])c1[2H].c1ccc(-c2ccc(-c3nc(-c4ccccc4)nc(-n4c5cccc6c7cccc8ccc9ccc4c(c9c87)c65)n3)cc2)cc1.c1ccc(-c2cccc(-c3nc(-c4ccccc4)nc(-n4c5cccc6c7cccc8ccc9ccc4c(c9c87)c65)n3)c2)cc1. The van der Waals surface area contributed by atoms with Gasteiger partial charge in [0.15, 0.2) is 23.3 Å². The second-order valence-corrected chi connectivity index (χ2v) is 34.1. The Morgan fingerprint density at radius 1 is 0.184 bits per heavy atom. The first-order valence-corrected chi connectivity index (χ1v) is 44.8. The van der Waals surface area contributed by atoms with Crippen LogP contribution in [-0.4, -0.2) is 43.6 Å². The van der Waals surface area contributed by atoms with E-state index in [1.807, 2.05) is 103 Å². The minimum Gasteiger partial charge on any atom is -0.310 e.